The minimum atomic E-state index is -3.93. The molecule has 2 aromatic rings. The number of aryl methyl sites for hydroxylation is 3. The first-order valence-electron chi connectivity index (χ1n) is 6.92. The summed E-state index contributed by atoms with van der Waals surface area (Å²) in [6.45, 7) is 8.61. The molecule has 0 atom stereocenters. The molecule has 0 saturated carbocycles. The van der Waals surface area contributed by atoms with Crippen molar-refractivity contribution in [2.45, 2.75) is 44.4 Å². The van der Waals surface area contributed by atoms with Crippen LogP contribution >= 0.6 is 0 Å². The van der Waals surface area contributed by atoms with Gasteiger partial charge < -0.3 is 10.2 Å². The summed E-state index contributed by atoms with van der Waals surface area (Å²) >= 11 is 0. The van der Waals surface area contributed by atoms with E-state index in [0.29, 0.717) is 16.7 Å². The molecule has 2 aromatic carbocycles. The molecule has 0 spiro atoms. The monoisotopic (exact) mass is 320 g/mol. The molecule has 0 amide bonds. The Bertz CT molecular complexity index is 839. The van der Waals surface area contributed by atoms with Crippen LogP contribution in [0.3, 0.4) is 0 Å². The maximum Gasteiger partial charge on any atom is 0.210 e. The normalized spacial score (nSPS) is 11.7. The van der Waals surface area contributed by atoms with Crippen molar-refractivity contribution in [2.24, 2.45) is 0 Å². The van der Waals surface area contributed by atoms with Crippen molar-refractivity contribution in [1.29, 1.82) is 0 Å². The van der Waals surface area contributed by atoms with Gasteiger partial charge in [0.25, 0.3) is 0 Å². The molecule has 0 heterocycles. The number of phenolic OH excluding ortho intramolecular Hbond substituents is 2. The number of rotatable bonds is 2. The highest BCUT2D eigenvalue weighted by atomic mass is 32.2. The number of phenols is 2. The second-order valence-electron chi connectivity index (χ2n) is 5.70. The predicted molar refractivity (Wildman–Crippen MR) is 85.4 cm³/mol. The number of hydrogen-bond acceptors (Lipinski definition) is 4. The van der Waals surface area contributed by atoms with Crippen LogP contribution in [0.4, 0.5) is 0 Å². The molecule has 22 heavy (non-hydrogen) atoms. The Balaban J connectivity index is 2.86. The van der Waals surface area contributed by atoms with Crippen LogP contribution in [0.25, 0.3) is 0 Å². The number of hydrogen-bond donors (Lipinski definition) is 2. The summed E-state index contributed by atoms with van der Waals surface area (Å²) < 4.78 is 26.0. The van der Waals surface area contributed by atoms with Gasteiger partial charge in [0.15, 0.2) is 0 Å². The molecule has 0 aromatic heterocycles. The lowest BCUT2D eigenvalue weighted by molar-refractivity contribution is 0.456. The third-order valence-corrected chi connectivity index (χ3v) is 6.20. The topological polar surface area (TPSA) is 74.6 Å². The molecule has 0 aliphatic rings. The van der Waals surface area contributed by atoms with E-state index in [4.69, 9.17) is 0 Å². The maximum atomic E-state index is 13.0. The number of aromatic hydroxyl groups is 2. The molecule has 0 bridgehead atoms. The Kier molecular flexibility index (Phi) is 3.96. The maximum absolute atomic E-state index is 13.0. The highest BCUT2D eigenvalue weighted by Gasteiger charge is 2.28. The van der Waals surface area contributed by atoms with E-state index < -0.39 is 9.84 Å². The lowest BCUT2D eigenvalue weighted by atomic mass is 10.1. The lowest BCUT2D eigenvalue weighted by Gasteiger charge is -2.16. The van der Waals surface area contributed by atoms with Crippen molar-refractivity contribution < 1.29 is 18.6 Å². The van der Waals surface area contributed by atoms with Crippen LogP contribution in [-0.4, -0.2) is 18.6 Å². The van der Waals surface area contributed by atoms with Gasteiger partial charge in [-0.1, -0.05) is 0 Å². The van der Waals surface area contributed by atoms with E-state index in [1.54, 1.807) is 40.7 Å². The zero-order chi connectivity index (χ0) is 16.8. The van der Waals surface area contributed by atoms with E-state index in [1.165, 1.54) is 12.1 Å². The Morgan fingerprint density at radius 3 is 1.82 bits per heavy atom. The van der Waals surface area contributed by atoms with Gasteiger partial charge in [0.1, 0.15) is 16.4 Å². The fraction of sp³-hybridized carbons (Fsp3) is 0.294. The first-order valence-corrected chi connectivity index (χ1v) is 8.40. The van der Waals surface area contributed by atoms with E-state index in [0.717, 1.165) is 11.1 Å². The van der Waals surface area contributed by atoms with Crippen molar-refractivity contribution in [1.82, 2.24) is 0 Å². The van der Waals surface area contributed by atoms with Crippen molar-refractivity contribution in [2.75, 3.05) is 0 Å². The van der Waals surface area contributed by atoms with Gasteiger partial charge in [0.2, 0.25) is 9.84 Å². The Hall–Kier alpha value is -2.01. The van der Waals surface area contributed by atoms with Gasteiger partial charge >= 0.3 is 0 Å². The van der Waals surface area contributed by atoms with E-state index in [1.807, 2.05) is 0 Å². The summed E-state index contributed by atoms with van der Waals surface area (Å²) in [6.07, 6.45) is 0. The Labute approximate surface area is 131 Å². The number of sulfone groups is 1. The Morgan fingerprint density at radius 1 is 0.727 bits per heavy atom. The molecule has 5 heteroatoms. The molecule has 0 fully saturated rings. The van der Waals surface area contributed by atoms with Gasteiger partial charge in [-0.3, -0.25) is 0 Å². The molecule has 2 rings (SSSR count). The molecular weight excluding hydrogens is 300 g/mol. The average molecular weight is 320 g/mol. The van der Waals surface area contributed by atoms with Crippen LogP contribution in [0.5, 0.6) is 11.5 Å². The summed E-state index contributed by atoms with van der Waals surface area (Å²) in [6, 6.07) is 4.46. The highest BCUT2D eigenvalue weighted by molar-refractivity contribution is 7.91. The highest BCUT2D eigenvalue weighted by Crippen LogP contribution is 2.37. The SMILES string of the molecule is Cc1cc(O)c(S(=O)(=O)c2c(C)c(C)cc(O)c2C)cc1C. The second kappa shape index (κ2) is 5.32. The fourth-order valence-corrected chi connectivity index (χ4v) is 4.46. The summed E-state index contributed by atoms with van der Waals surface area (Å²) in [7, 11) is -3.93. The zero-order valence-corrected chi connectivity index (χ0v) is 14.2. The van der Waals surface area contributed by atoms with Crippen molar-refractivity contribution in [3.05, 3.63) is 46.0 Å². The molecule has 0 aliphatic carbocycles. The molecule has 4 nitrogen and oxygen atoms in total. The van der Waals surface area contributed by atoms with Gasteiger partial charge in [-0.25, -0.2) is 8.42 Å². The van der Waals surface area contributed by atoms with Gasteiger partial charge in [-0.2, -0.15) is 0 Å². The van der Waals surface area contributed by atoms with Crippen molar-refractivity contribution >= 4 is 9.84 Å². The summed E-state index contributed by atoms with van der Waals surface area (Å²) in [5.74, 6) is -0.340. The quantitative estimate of drug-likeness (QED) is 0.888. The molecule has 0 unspecified atom stereocenters. The third kappa shape index (κ3) is 2.46. The van der Waals surface area contributed by atoms with Gasteiger partial charge in [0, 0.05) is 5.56 Å². The lowest BCUT2D eigenvalue weighted by Crippen LogP contribution is -2.09. The molecule has 0 aliphatic heterocycles. The first kappa shape index (κ1) is 16.4. The smallest absolute Gasteiger partial charge is 0.210 e. The minimum Gasteiger partial charge on any atom is -0.508 e. The van der Waals surface area contributed by atoms with Crippen LogP contribution in [0, 0.1) is 34.6 Å². The Morgan fingerprint density at radius 2 is 1.23 bits per heavy atom. The van der Waals surface area contributed by atoms with Crippen LogP contribution in [-0.2, 0) is 9.84 Å². The van der Waals surface area contributed by atoms with E-state index in [9.17, 15) is 18.6 Å². The standard InChI is InChI=1S/C17H20O4S/c1-9-6-15(19)16(8-10(9)2)22(20,21)17-12(4)11(3)7-14(18)13(17)5/h6-8,18-19H,1-5H3. The number of benzene rings is 2. The van der Waals surface area contributed by atoms with Gasteiger partial charge in [0.05, 0.1) is 4.90 Å². The molecule has 0 radical (unpaired) electrons. The van der Waals surface area contributed by atoms with E-state index in [-0.39, 0.29) is 21.3 Å². The predicted octanol–water partition coefficient (Wildman–Crippen LogP) is 3.47. The molecule has 0 saturated heterocycles. The first-order chi connectivity index (χ1) is 10.1. The van der Waals surface area contributed by atoms with Crippen LogP contribution < -0.4 is 0 Å². The summed E-state index contributed by atoms with van der Waals surface area (Å²) in [5, 5.41) is 20.0. The van der Waals surface area contributed by atoms with Crippen molar-refractivity contribution in [3.63, 3.8) is 0 Å². The van der Waals surface area contributed by atoms with Crippen LogP contribution in [0.15, 0.2) is 28.0 Å². The minimum absolute atomic E-state index is 0.0588. The average Bonchev–Trinajstić information content (AvgIpc) is 2.40. The molecule has 118 valence electrons. The second-order valence-corrected chi connectivity index (χ2v) is 7.55. The van der Waals surface area contributed by atoms with E-state index >= 15 is 0 Å². The largest absolute Gasteiger partial charge is 0.508 e. The summed E-state index contributed by atoms with van der Waals surface area (Å²) in [4.78, 5) is -0.0737. The van der Waals surface area contributed by atoms with E-state index in [2.05, 4.69) is 0 Å². The fourth-order valence-electron chi connectivity index (χ4n) is 2.50. The third-order valence-electron chi connectivity index (χ3n) is 4.14. The summed E-state index contributed by atoms with van der Waals surface area (Å²) in [5.41, 5.74) is 3.15. The van der Waals surface area contributed by atoms with Crippen molar-refractivity contribution in [3.8, 4) is 11.5 Å². The molecular formula is C17H20O4S. The van der Waals surface area contributed by atoms with Gasteiger partial charge in [-0.05, 0) is 75.1 Å². The van der Waals surface area contributed by atoms with Gasteiger partial charge in [-0.15, -0.1) is 0 Å². The van der Waals surface area contributed by atoms with Crippen LogP contribution in [0.2, 0.25) is 0 Å². The zero-order valence-electron chi connectivity index (χ0n) is 13.4. The van der Waals surface area contributed by atoms with Crippen LogP contribution in [0.1, 0.15) is 27.8 Å². The molecule has 2 N–H and O–H groups in total.